The second-order valence-electron chi connectivity index (χ2n) is 6.36. The first-order valence-electron chi connectivity index (χ1n) is 8.93. The maximum Gasteiger partial charge on any atom is 0.225 e. The predicted octanol–water partition coefficient (Wildman–Crippen LogP) is 1.99. The van der Waals surface area contributed by atoms with Gasteiger partial charge in [-0.3, -0.25) is 4.79 Å². The first kappa shape index (κ1) is 16.7. The molecule has 3 rings (SSSR count). The van der Waals surface area contributed by atoms with Crippen LogP contribution in [0.5, 0.6) is 0 Å². The van der Waals surface area contributed by atoms with E-state index >= 15 is 0 Å². The van der Waals surface area contributed by atoms with E-state index < -0.39 is 0 Å². The van der Waals surface area contributed by atoms with Gasteiger partial charge in [-0.05, 0) is 38.3 Å². The predicted molar refractivity (Wildman–Crippen MR) is 92.9 cm³/mol. The molecule has 1 fully saturated rings. The molecule has 0 saturated carbocycles. The lowest BCUT2D eigenvalue weighted by molar-refractivity contribution is -0.136. The Morgan fingerprint density at radius 1 is 1.29 bits per heavy atom. The molecule has 1 aliphatic rings. The fourth-order valence-corrected chi connectivity index (χ4v) is 3.27. The van der Waals surface area contributed by atoms with Gasteiger partial charge in [-0.25, -0.2) is 0 Å². The highest BCUT2D eigenvalue weighted by atomic mass is 16.2. The van der Waals surface area contributed by atoms with E-state index in [-0.39, 0.29) is 5.92 Å². The summed E-state index contributed by atoms with van der Waals surface area (Å²) in [5, 5.41) is 12.4. The fourth-order valence-electron chi connectivity index (χ4n) is 3.27. The number of rotatable bonds is 6. The molecule has 0 bridgehead atoms. The first-order chi connectivity index (χ1) is 11.7. The number of unbranched alkanes of at least 4 members (excludes halogenated alkanes) is 1. The van der Waals surface area contributed by atoms with Crippen LogP contribution in [-0.4, -0.2) is 56.8 Å². The van der Waals surface area contributed by atoms with Crippen LogP contribution in [0.2, 0.25) is 0 Å². The molecular weight excluding hydrogens is 304 g/mol. The number of anilines is 1. The third-order valence-corrected chi connectivity index (χ3v) is 4.79. The molecular formula is C17H26N6O. The van der Waals surface area contributed by atoms with Gasteiger partial charge in [-0.15, -0.1) is 15.3 Å². The Labute approximate surface area is 142 Å². The van der Waals surface area contributed by atoms with Gasteiger partial charge in [0, 0.05) is 32.1 Å². The number of nitrogens with zero attached hydrogens (tertiary/aromatic N) is 6. The van der Waals surface area contributed by atoms with E-state index in [1.165, 1.54) is 0 Å². The fraction of sp³-hybridized carbons (Fsp3) is 0.647. The summed E-state index contributed by atoms with van der Waals surface area (Å²) < 4.78 is 1.69. The van der Waals surface area contributed by atoms with Gasteiger partial charge in [0.15, 0.2) is 5.65 Å². The third kappa shape index (κ3) is 3.49. The number of carbonyl (C=O) groups excluding carboxylic acids is 1. The van der Waals surface area contributed by atoms with Crippen molar-refractivity contribution in [1.82, 2.24) is 24.7 Å². The summed E-state index contributed by atoms with van der Waals surface area (Å²) in [6, 6.07) is 3.90. The average Bonchev–Trinajstić information content (AvgIpc) is 3.10. The van der Waals surface area contributed by atoms with Crippen LogP contribution >= 0.6 is 0 Å². The summed E-state index contributed by atoms with van der Waals surface area (Å²) in [5.74, 6) is 1.40. The van der Waals surface area contributed by atoms with E-state index in [9.17, 15) is 4.79 Å². The van der Waals surface area contributed by atoms with Crippen LogP contribution in [0.25, 0.3) is 5.65 Å². The van der Waals surface area contributed by atoms with E-state index in [1.807, 2.05) is 17.0 Å². The van der Waals surface area contributed by atoms with Gasteiger partial charge >= 0.3 is 0 Å². The molecule has 1 aliphatic heterocycles. The number of fused-ring (bicyclic) bond motifs is 1. The van der Waals surface area contributed by atoms with Crippen molar-refractivity contribution in [2.75, 3.05) is 31.1 Å². The summed E-state index contributed by atoms with van der Waals surface area (Å²) in [4.78, 5) is 17.0. The van der Waals surface area contributed by atoms with Crippen molar-refractivity contribution >= 4 is 17.4 Å². The summed E-state index contributed by atoms with van der Waals surface area (Å²) in [5.41, 5.74) is 0.748. The Kier molecular flexibility index (Phi) is 5.27. The van der Waals surface area contributed by atoms with Crippen molar-refractivity contribution in [2.45, 2.75) is 39.5 Å². The van der Waals surface area contributed by atoms with Gasteiger partial charge in [0.25, 0.3) is 0 Å². The van der Waals surface area contributed by atoms with Crippen molar-refractivity contribution in [3.8, 4) is 0 Å². The van der Waals surface area contributed by atoms with E-state index in [0.29, 0.717) is 5.91 Å². The standard InChI is InChI=1S/C17H26N6O/c1-3-5-10-21(4-2)17(24)14-8-11-22(12-9-14)16-7-6-15-19-18-13-23(15)20-16/h6-7,13-14H,3-5,8-12H2,1-2H3. The van der Waals surface area contributed by atoms with Crippen LogP contribution in [-0.2, 0) is 4.79 Å². The van der Waals surface area contributed by atoms with Crippen LogP contribution in [0.4, 0.5) is 5.82 Å². The number of hydrogen-bond acceptors (Lipinski definition) is 5. The zero-order valence-electron chi connectivity index (χ0n) is 14.6. The summed E-state index contributed by atoms with van der Waals surface area (Å²) in [6.45, 7) is 7.66. The molecule has 24 heavy (non-hydrogen) atoms. The minimum atomic E-state index is 0.150. The van der Waals surface area contributed by atoms with E-state index in [2.05, 4.69) is 34.0 Å². The van der Waals surface area contributed by atoms with Crippen LogP contribution in [0.3, 0.4) is 0 Å². The van der Waals surface area contributed by atoms with Crippen LogP contribution in [0, 0.1) is 5.92 Å². The monoisotopic (exact) mass is 330 g/mol. The molecule has 0 radical (unpaired) electrons. The van der Waals surface area contributed by atoms with E-state index in [1.54, 1.807) is 10.8 Å². The Bertz CT molecular complexity index is 677. The molecule has 3 heterocycles. The maximum atomic E-state index is 12.7. The highest BCUT2D eigenvalue weighted by Gasteiger charge is 2.28. The molecule has 2 aromatic heterocycles. The van der Waals surface area contributed by atoms with Crippen molar-refractivity contribution in [2.24, 2.45) is 5.92 Å². The average molecular weight is 330 g/mol. The molecule has 130 valence electrons. The smallest absolute Gasteiger partial charge is 0.225 e. The Hall–Kier alpha value is -2.18. The second kappa shape index (κ2) is 7.59. The summed E-state index contributed by atoms with van der Waals surface area (Å²) in [7, 11) is 0. The van der Waals surface area contributed by atoms with Gasteiger partial charge in [-0.2, -0.15) is 4.52 Å². The van der Waals surface area contributed by atoms with Gasteiger partial charge in [0.05, 0.1) is 0 Å². The summed E-state index contributed by atoms with van der Waals surface area (Å²) >= 11 is 0. The zero-order valence-corrected chi connectivity index (χ0v) is 14.6. The molecule has 1 amide bonds. The third-order valence-electron chi connectivity index (χ3n) is 4.79. The molecule has 7 heteroatoms. The Morgan fingerprint density at radius 3 is 2.79 bits per heavy atom. The second-order valence-corrected chi connectivity index (χ2v) is 6.36. The SMILES string of the molecule is CCCCN(CC)C(=O)C1CCN(c2ccc3nncn3n2)CC1. The topological polar surface area (TPSA) is 66.6 Å². The highest BCUT2D eigenvalue weighted by Crippen LogP contribution is 2.23. The van der Waals surface area contributed by atoms with Gasteiger partial charge in [0.2, 0.25) is 5.91 Å². The molecule has 0 unspecified atom stereocenters. The lowest BCUT2D eigenvalue weighted by Crippen LogP contribution is -2.43. The van der Waals surface area contributed by atoms with Crippen molar-refractivity contribution in [1.29, 1.82) is 0 Å². The maximum absolute atomic E-state index is 12.7. The number of carbonyl (C=O) groups is 1. The number of piperidine rings is 1. The normalized spacial score (nSPS) is 15.8. The van der Waals surface area contributed by atoms with E-state index in [4.69, 9.17) is 0 Å². The molecule has 2 aromatic rings. The quantitative estimate of drug-likeness (QED) is 0.810. The zero-order chi connectivity index (χ0) is 16.9. The number of hydrogen-bond donors (Lipinski definition) is 0. The largest absolute Gasteiger partial charge is 0.355 e. The number of amides is 1. The lowest BCUT2D eigenvalue weighted by atomic mass is 9.95. The molecule has 0 aliphatic carbocycles. The minimum Gasteiger partial charge on any atom is -0.355 e. The lowest BCUT2D eigenvalue weighted by Gasteiger charge is -2.34. The Morgan fingerprint density at radius 2 is 2.08 bits per heavy atom. The molecule has 7 nitrogen and oxygen atoms in total. The molecule has 0 spiro atoms. The molecule has 0 aromatic carbocycles. The van der Waals surface area contributed by atoms with Gasteiger partial charge in [-0.1, -0.05) is 13.3 Å². The minimum absolute atomic E-state index is 0.150. The molecule has 0 atom stereocenters. The Balaban J connectivity index is 1.59. The first-order valence-corrected chi connectivity index (χ1v) is 8.93. The highest BCUT2D eigenvalue weighted by molar-refractivity contribution is 5.79. The number of aromatic nitrogens is 4. The molecule has 1 saturated heterocycles. The van der Waals surface area contributed by atoms with Crippen LogP contribution in [0.1, 0.15) is 39.5 Å². The van der Waals surface area contributed by atoms with Crippen LogP contribution < -0.4 is 4.90 Å². The van der Waals surface area contributed by atoms with Gasteiger partial charge < -0.3 is 9.80 Å². The van der Waals surface area contributed by atoms with Crippen molar-refractivity contribution < 1.29 is 4.79 Å². The summed E-state index contributed by atoms with van der Waals surface area (Å²) in [6.07, 6.45) is 5.61. The molecule has 0 N–H and O–H groups in total. The van der Waals surface area contributed by atoms with Gasteiger partial charge in [0.1, 0.15) is 12.1 Å². The van der Waals surface area contributed by atoms with Crippen molar-refractivity contribution in [3.63, 3.8) is 0 Å². The van der Waals surface area contributed by atoms with E-state index in [0.717, 1.165) is 63.3 Å². The van der Waals surface area contributed by atoms with Crippen LogP contribution in [0.15, 0.2) is 18.5 Å². The van der Waals surface area contributed by atoms with Crippen molar-refractivity contribution in [3.05, 3.63) is 18.5 Å².